The third-order valence-electron chi connectivity index (χ3n) is 26.1. The standard InChI is InChI=1S/C51H48F3N7O5Si.C47H41F3N6O3Si/c1-51(2,3)66-50(65)55-21-20-39(62)60-28-29-12-6-7-13-32(29)46-47(33-14-8-9-15-36(33)60)61(57-56-46)48-44(53)41(42(49(63)64)43(52)45(48)54)40-34-18-16-30(58-22-10-23-58)26-37(34)67(4,5)38-27-31(17-19-35(38)40)59-24-11-25-59;1-4-11-37(57)55-26-27-12-5-6-13-30(27)45-44(31-14-7-8-15-34(31)55)51-52-56(45)46-42(49)39(40(47(58)59)41(48)43(46)50)38-32-18-16-28(53-20-9-21-53)24-35(32)60(2,3)36-25-29(17-19-33(36)38)54-22-10-23-54/h6-9,12-19,26-27H,10-11,20-25,28H2,1-5H3,(H-,55,63,64,65);5-8,12-19,24-25H,4,9-11,20-23,26H2,1-3H3. The second kappa shape index (κ2) is 31.9. The van der Waals surface area contributed by atoms with Gasteiger partial charge in [-0.05, 0) is 154 Å². The molecule has 10 aromatic rings. The summed E-state index contributed by atoms with van der Waals surface area (Å²) in [6.45, 7) is 23.1. The number of rotatable bonds is 13. The van der Waals surface area contributed by atoms with Crippen molar-refractivity contribution in [2.75, 3.05) is 78.5 Å². The van der Waals surface area contributed by atoms with Gasteiger partial charge in [0, 0.05) is 126 Å². The van der Waals surface area contributed by atoms with Gasteiger partial charge in [-0.2, -0.15) is 0 Å². The summed E-state index contributed by atoms with van der Waals surface area (Å²) in [4.78, 5) is 74.3. The second-order valence-electron chi connectivity index (χ2n) is 35.6. The van der Waals surface area contributed by atoms with E-state index < -0.39 is 114 Å². The van der Waals surface area contributed by atoms with Crippen molar-refractivity contribution in [2.24, 2.45) is 0 Å². The van der Waals surface area contributed by atoms with Crippen molar-refractivity contribution >= 4 is 102 Å². The van der Waals surface area contributed by atoms with Crippen molar-refractivity contribution in [1.29, 1.82) is 0 Å². The molecule has 0 saturated carbocycles. The van der Waals surface area contributed by atoms with Gasteiger partial charge in [-0.1, -0.05) is 141 Å². The van der Waals surface area contributed by atoms with Gasteiger partial charge in [0.1, 0.15) is 82.1 Å². The number of aromatic nitrogens is 6. The maximum Gasteiger partial charge on any atom is 0.407 e. The van der Waals surface area contributed by atoms with E-state index in [9.17, 15) is 34.2 Å². The summed E-state index contributed by atoms with van der Waals surface area (Å²) >= 11 is 0. The monoisotopic (exact) mass is 1750 g/mol. The molecule has 8 aliphatic heterocycles. The smallest absolute Gasteiger partial charge is 0.407 e. The van der Waals surface area contributed by atoms with Crippen molar-refractivity contribution < 1.29 is 74.4 Å². The molecule has 4 fully saturated rings. The first-order chi connectivity index (χ1) is 61.0. The number of allylic oxidation sites excluding steroid dienone is 10. The van der Waals surface area contributed by atoms with E-state index in [1.54, 1.807) is 117 Å². The molecule has 644 valence electrons. The van der Waals surface area contributed by atoms with Crippen LogP contribution in [0.25, 0.3) is 67.6 Å². The number of fused-ring (bicyclic) bond motifs is 14. The van der Waals surface area contributed by atoms with Gasteiger partial charge in [-0.3, -0.25) is 9.59 Å². The van der Waals surface area contributed by atoms with Crippen molar-refractivity contribution in [3.05, 3.63) is 271 Å². The number of hydrogen-bond donors (Lipinski definition) is 1. The molecule has 2 aliphatic carbocycles. The zero-order valence-corrected chi connectivity index (χ0v) is 73.3. The highest BCUT2D eigenvalue weighted by Crippen LogP contribution is 2.52. The number of nitrogens with zero attached hydrogens (tertiary/aromatic N) is 12. The molecule has 29 heteroatoms. The van der Waals surface area contributed by atoms with E-state index in [4.69, 9.17) is 4.74 Å². The van der Waals surface area contributed by atoms with E-state index >= 15 is 26.3 Å². The quantitative estimate of drug-likeness (QED) is 0.0490. The number of benzene rings is 8. The summed E-state index contributed by atoms with van der Waals surface area (Å²) in [5.74, 6) is -14.5. The number of carboxylic acid groups (broad SMARTS) is 2. The fraction of sp³-hybridized carbons (Fsp3) is 0.276. The first-order valence-electron chi connectivity index (χ1n) is 43.1. The Balaban J connectivity index is 0.000000166. The molecule has 21 nitrogen and oxygen atoms in total. The molecule has 127 heavy (non-hydrogen) atoms. The van der Waals surface area contributed by atoms with Crippen LogP contribution in [0.4, 0.5) is 53.9 Å². The molecule has 3 amide bonds. The van der Waals surface area contributed by atoms with Crippen molar-refractivity contribution in [1.82, 2.24) is 35.3 Å². The van der Waals surface area contributed by atoms with Crippen LogP contribution in [0, 0.1) is 34.9 Å². The molecule has 2 aromatic heterocycles. The van der Waals surface area contributed by atoms with Crippen LogP contribution in [-0.2, 0) is 27.4 Å². The van der Waals surface area contributed by atoms with Crippen LogP contribution >= 0.6 is 0 Å². The van der Waals surface area contributed by atoms with Crippen molar-refractivity contribution in [3.8, 4) is 56.4 Å². The summed E-state index contributed by atoms with van der Waals surface area (Å²) < 4.78 is 116. The Morgan fingerprint density at radius 1 is 0.488 bits per heavy atom. The molecule has 4 saturated heterocycles. The van der Waals surface area contributed by atoms with Crippen LogP contribution < -0.4 is 45.5 Å². The highest BCUT2D eigenvalue weighted by molar-refractivity contribution is 6.98. The van der Waals surface area contributed by atoms with Crippen molar-refractivity contribution in [2.45, 2.75) is 118 Å². The summed E-state index contributed by atoms with van der Waals surface area (Å²) in [6, 6.07) is 39.7. The Labute approximate surface area is 730 Å². The number of ether oxygens (including phenoxy) is 1. The number of hydrogen-bond acceptors (Lipinski definition) is 14. The summed E-state index contributed by atoms with van der Waals surface area (Å²) in [5, 5.41) is 50.2. The van der Waals surface area contributed by atoms with E-state index in [-0.39, 0.29) is 71.4 Å². The molecule has 10 heterocycles. The van der Waals surface area contributed by atoms with Crippen LogP contribution in [0.3, 0.4) is 0 Å². The molecule has 20 rings (SSSR count). The fourth-order valence-electron chi connectivity index (χ4n) is 19.1. The maximum absolute atomic E-state index is 18.4. The van der Waals surface area contributed by atoms with E-state index in [2.05, 4.69) is 95.4 Å². The van der Waals surface area contributed by atoms with Crippen molar-refractivity contribution in [3.63, 3.8) is 0 Å². The minimum absolute atomic E-state index is 0.0261. The Morgan fingerprint density at radius 3 is 1.35 bits per heavy atom. The number of halogens is 6. The van der Waals surface area contributed by atoms with Gasteiger partial charge in [0.05, 0.1) is 49.2 Å². The SMILES string of the molecule is CC(C)(C)OC(=O)NCCC(=O)N1Cc2ccccc2-c2nnn(-c3c(F)c(F)c(C(=O)[O-])c(C4=C5C=CC(=[N+]6CCC6)C=C5[Si](C)(C)c5cc(N6CCC6)ccc54)c3F)c2-c2ccccc21.CCCC(=O)N1Cc2ccccc2-c2c(nnn2-c2c(F)c(F)c(C(=O)[O-])c(C3=C4C=CC(=[N+]5CCC5)C=C4[Si](C)(C)c4cc(N5CCC5)ccc43)c2F)-c2ccccc21. The summed E-state index contributed by atoms with van der Waals surface area (Å²) in [5.41, 5.74) is 4.37. The predicted octanol–water partition coefficient (Wildman–Crippen LogP) is 13.8. The van der Waals surface area contributed by atoms with Crippen LogP contribution in [-0.4, -0.2) is 161 Å². The van der Waals surface area contributed by atoms with Crippen LogP contribution in [0.15, 0.2) is 191 Å². The minimum Gasteiger partial charge on any atom is -0.545 e. The average molecular weight is 1750 g/mol. The number of alkyl carbamates (subject to hydrolysis) is 1. The lowest BCUT2D eigenvalue weighted by molar-refractivity contribution is -0.582. The lowest BCUT2D eigenvalue weighted by atomic mass is 9.86. The van der Waals surface area contributed by atoms with Crippen LogP contribution in [0.2, 0.25) is 26.2 Å². The zero-order chi connectivity index (χ0) is 88.7. The highest BCUT2D eigenvalue weighted by Gasteiger charge is 2.48. The Hall–Kier alpha value is -13.4. The topological polar surface area (TPSA) is 233 Å². The Kier molecular flexibility index (Phi) is 20.9. The number of carbonyl (C=O) groups is 5. The molecule has 8 aromatic carbocycles. The molecule has 10 aliphatic rings. The zero-order valence-electron chi connectivity index (χ0n) is 71.3. The first kappa shape index (κ1) is 83.2. The number of aromatic carboxylic acids is 2. The van der Waals surface area contributed by atoms with E-state index in [0.717, 1.165) is 131 Å². The molecule has 0 unspecified atom stereocenters. The van der Waals surface area contributed by atoms with Gasteiger partial charge in [0.15, 0.2) is 46.3 Å². The number of carboxylic acids is 2. The van der Waals surface area contributed by atoms with Gasteiger partial charge in [0.25, 0.3) is 0 Å². The summed E-state index contributed by atoms with van der Waals surface area (Å²) in [6.07, 6.45) is 16.1. The number of para-hydroxylation sites is 2. The molecular weight excluding hydrogens is 1660 g/mol. The molecule has 0 radical (unpaired) electrons. The summed E-state index contributed by atoms with van der Waals surface area (Å²) in [7, 11) is -5.25. The Bertz CT molecular complexity index is 6740. The van der Waals surface area contributed by atoms with E-state index in [1.807, 2.05) is 61.6 Å². The van der Waals surface area contributed by atoms with E-state index in [1.165, 1.54) is 4.90 Å². The lowest BCUT2D eigenvalue weighted by Crippen LogP contribution is -2.50. The highest BCUT2D eigenvalue weighted by atomic mass is 28.3. The molecule has 0 bridgehead atoms. The van der Waals surface area contributed by atoms with Gasteiger partial charge in [-0.25, -0.2) is 49.7 Å². The number of anilines is 4. The van der Waals surface area contributed by atoms with Gasteiger partial charge < -0.3 is 49.5 Å². The number of nitrogens with one attached hydrogen (secondary N) is 1. The Morgan fingerprint density at radius 2 is 0.906 bits per heavy atom. The molecule has 0 spiro atoms. The number of amides is 3. The minimum atomic E-state index is -2.65. The molecular formula is C98H89F6N13O8Si2. The maximum atomic E-state index is 18.4. The normalized spacial score (nSPS) is 17.1. The fourth-order valence-corrected chi connectivity index (χ4v) is 25.3. The molecule has 0 atom stereocenters. The van der Waals surface area contributed by atoms with Gasteiger partial charge >= 0.3 is 6.09 Å². The lowest BCUT2D eigenvalue weighted by Gasteiger charge is -2.40. The number of carbonyl (C=O) groups excluding carboxylic acids is 5. The van der Waals surface area contributed by atoms with Gasteiger partial charge in [0.2, 0.25) is 11.8 Å². The molecule has 1 N–H and O–H groups in total. The van der Waals surface area contributed by atoms with E-state index in [0.29, 0.717) is 74.3 Å². The third-order valence-corrected chi connectivity index (χ3v) is 33.2. The first-order valence-corrected chi connectivity index (χ1v) is 49.1. The van der Waals surface area contributed by atoms with Crippen LogP contribution in [0.5, 0.6) is 0 Å². The second-order valence-corrected chi connectivity index (χ2v) is 44.2. The van der Waals surface area contributed by atoms with Crippen LogP contribution in [0.1, 0.15) is 127 Å². The largest absolute Gasteiger partial charge is 0.545 e. The van der Waals surface area contributed by atoms with Gasteiger partial charge in [-0.15, -0.1) is 10.2 Å². The third kappa shape index (κ3) is 13.9. The predicted molar refractivity (Wildman–Crippen MR) is 476 cm³/mol. The average Bonchev–Trinajstić information content (AvgIpc) is 1.69.